The van der Waals surface area contributed by atoms with Crippen molar-refractivity contribution in [3.05, 3.63) is 23.8 Å². The van der Waals surface area contributed by atoms with Crippen LogP contribution in [0.5, 0.6) is 11.5 Å². The smallest absolute Gasteiger partial charge is 0.334 e. The second-order valence-corrected chi connectivity index (χ2v) is 7.89. The van der Waals surface area contributed by atoms with E-state index < -0.39 is 22.8 Å². The minimum atomic E-state index is -0.761. The van der Waals surface area contributed by atoms with Crippen molar-refractivity contribution in [2.45, 2.75) is 48.0 Å². The number of phenolic OH excluding ortho intramolecular Hbond substituents is 2. The highest BCUT2D eigenvalue weighted by Gasteiger charge is 2.31. The Balaban J connectivity index is 2.84. The Morgan fingerprint density at radius 3 is 1.80 bits per heavy atom. The standard InChI is InChI=1S/C18H27NO6/c1-17(2,3)15(22)24-19(25-16(23)18(4,5)6)10-9-12-7-8-13(20)14(21)11-12/h7-8,11,20-21H,9-10H2,1-6H3. The van der Waals surface area contributed by atoms with Gasteiger partial charge in [-0.1, -0.05) is 6.07 Å². The molecule has 0 spiro atoms. The van der Waals surface area contributed by atoms with Crippen LogP contribution < -0.4 is 0 Å². The van der Waals surface area contributed by atoms with Gasteiger partial charge in [0.25, 0.3) is 0 Å². The first kappa shape index (κ1) is 20.8. The lowest BCUT2D eigenvalue weighted by atomic mass is 9.98. The molecule has 0 saturated carbocycles. The van der Waals surface area contributed by atoms with E-state index >= 15 is 0 Å². The highest BCUT2D eigenvalue weighted by molar-refractivity contribution is 5.76. The molecule has 0 unspecified atom stereocenters. The highest BCUT2D eigenvalue weighted by Crippen LogP contribution is 2.25. The van der Waals surface area contributed by atoms with Crippen molar-refractivity contribution in [3.63, 3.8) is 0 Å². The van der Waals surface area contributed by atoms with Crippen LogP contribution in [0.2, 0.25) is 0 Å². The summed E-state index contributed by atoms with van der Waals surface area (Å²) in [7, 11) is 0. The topological polar surface area (TPSA) is 96.3 Å². The number of phenols is 2. The molecular formula is C18H27NO6. The summed E-state index contributed by atoms with van der Waals surface area (Å²) >= 11 is 0. The Bertz CT molecular complexity index is 599. The Kier molecular flexibility index (Phi) is 6.42. The third kappa shape index (κ3) is 6.62. The quantitative estimate of drug-likeness (QED) is 0.620. The average molecular weight is 353 g/mol. The SMILES string of the molecule is CC(C)(C)C(=O)ON(CCc1ccc(O)c(O)c1)OC(=O)C(C)(C)C. The summed E-state index contributed by atoms with van der Waals surface area (Å²) in [6, 6.07) is 4.37. The van der Waals surface area contributed by atoms with Crippen LogP contribution in [-0.4, -0.2) is 33.9 Å². The van der Waals surface area contributed by atoms with E-state index in [1.807, 2.05) is 0 Å². The van der Waals surface area contributed by atoms with Crippen LogP contribution in [0.15, 0.2) is 18.2 Å². The molecule has 0 aliphatic heterocycles. The molecule has 140 valence electrons. The van der Waals surface area contributed by atoms with E-state index in [4.69, 9.17) is 9.68 Å². The molecule has 0 heterocycles. The van der Waals surface area contributed by atoms with Gasteiger partial charge in [0.15, 0.2) is 11.5 Å². The monoisotopic (exact) mass is 353 g/mol. The summed E-state index contributed by atoms with van der Waals surface area (Å²) in [5.74, 6) is -1.55. The van der Waals surface area contributed by atoms with Gasteiger partial charge in [-0.15, -0.1) is 0 Å². The first-order chi connectivity index (χ1) is 11.3. The molecule has 0 fully saturated rings. The van der Waals surface area contributed by atoms with Crippen LogP contribution in [0.1, 0.15) is 47.1 Å². The second-order valence-electron chi connectivity index (χ2n) is 7.89. The van der Waals surface area contributed by atoms with E-state index in [0.29, 0.717) is 12.0 Å². The van der Waals surface area contributed by atoms with Crippen LogP contribution >= 0.6 is 0 Å². The van der Waals surface area contributed by atoms with E-state index in [2.05, 4.69) is 0 Å². The summed E-state index contributed by atoms with van der Waals surface area (Å²) in [5.41, 5.74) is -0.842. The fourth-order valence-corrected chi connectivity index (χ4v) is 1.51. The van der Waals surface area contributed by atoms with Gasteiger partial charge in [-0.2, -0.15) is 0 Å². The number of nitrogens with zero attached hydrogens (tertiary/aromatic N) is 1. The van der Waals surface area contributed by atoms with Gasteiger partial charge in [0.2, 0.25) is 0 Å². The van der Waals surface area contributed by atoms with Gasteiger partial charge in [-0.25, -0.2) is 9.59 Å². The summed E-state index contributed by atoms with van der Waals surface area (Å²) in [4.78, 5) is 34.6. The number of carbonyl (C=O) groups is 2. The van der Waals surface area contributed by atoms with Crippen molar-refractivity contribution >= 4 is 11.9 Å². The first-order valence-corrected chi connectivity index (χ1v) is 8.04. The molecule has 7 nitrogen and oxygen atoms in total. The van der Waals surface area contributed by atoms with Crippen LogP contribution in [0.3, 0.4) is 0 Å². The molecule has 0 aromatic heterocycles. The lowest BCUT2D eigenvalue weighted by molar-refractivity contribution is -0.332. The molecule has 0 saturated heterocycles. The zero-order valence-corrected chi connectivity index (χ0v) is 15.6. The molecule has 0 atom stereocenters. The number of rotatable bonds is 5. The fourth-order valence-electron chi connectivity index (χ4n) is 1.51. The molecule has 0 aliphatic carbocycles. The number of carbonyl (C=O) groups excluding carboxylic acids is 2. The predicted molar refractivity (Wildman–Crippen MR) is 91.3 cm³/mol. The number of hydroxylamine groups is 2. The molecule has 1 aromatic carbocycles. The second kappa shape index (κ2) is 7.74. The molecule has 25 heavy (non-hydrogen) atoms. The Labute approximate surface area is 148 Å². The third-order valence-electron chi connectivity index (χ3n) is 3.22. The minimum absolute atomic E-state index is 0.0772. The maximum atomic E-state index is 12.1. The Morgan fingerprint density at radius 2 is 1.40 bits per heavy atom. The lowest BCUT2D eigenvalue weighted by Gasteiger charge is -2.26. The zero-order chi connectivity index (χ0) is 19.4. The number of benzene rings is 1. The zero-order valence-electron chi connectivity index (χ0n) is 15.6. The number of hydrogen-bond acceptors (Lipinski definition) is 7. The normalized spacial score (nSPS) is 12.1. The van der Waals surface area contributed by atoms with Crippen LogP contribution in [0, 0.1) is 10.8 Å². The largest absolute Gasteiger partial charge is 0.504 e. The van der Waals surface area contributed by atoms with Crippen molar-refractivity contribution in [1.29, 1.82) is 0 Å². The molecular weight excluding hydrogens is 326 g/mol. The van der Waals surface area contributed by atoms with Gasteiger partial charge in [0.1, 0.15) is 0 Å². The van der Waals surface area contributed by atoms with E-state index in [1.165, 1.54) is 12.1 Å². The van der Waals surface area contributed by atoms with Crippen LogP contribution in [0.4, 0.5) is 0 Å². The summed E-state index contributed by atoms with van der Waals surface area (Å²) in [5, 5.41) is 19.7. The van der Waals surface area contributed by atoms with E-state index in [0.717, 1.165) is 5.23 Å². The summed E-state index contributed by atoms with van der Waals surface area (Å²) < 4.78 is 0. The van der Waals surface area contributed by atoms with E-state index in [1.54, 1.807) is 47.6 Å². The van der Waals surface area contributed by atoms with Gasteiger partial charge in [0, 0.05) is 5.23 Å². The van der Waals surface area contributed by atoms with Crippen molar-refractivity contribution in [2.24, 2.45) is 10.8 Å². The van der Waals surface area contributed by atoms with Gasteiger partial charge < -0.3 is 19.9 Å². The highest BCUT2D eigenvalue weighted by atomic mass is 17.0. The lowest BCUT2D eigenvalue weighted by Crippen LogP contribution is -2.39. The maximum absolute atomic E-state index is 12.1. The third-order valence-corrected chi connectivity index (χ3v) is 3.22. The van der Waals surface area contributed by atoms with E-state index in [-0.39, 0.29) is 18.0 Å². The van der Waals surface area contributed by atoms with Crippen LogP contribution in [-0.2, 0) is 25.7 Å². The number of hydrogen-bond donors (Lipinski definition) is 2. The van der Waals surface area contributed by atoms with Crippen molar-refractivity contribution in [2.75, 3.05) is 6.54 Å². The molecule has 7 heteroatoms. The molecule has 0 aliphatic rings. The molecule has 0 radical (unpaired) electrons. The van der Waals surface area contributed by atoms with Crippen molar-refractivity contribution in [3.8, 4) is 11.5 Å². The fraction of sp³-hybridized carbons (Fsp3) is 0.556. The summed E-state index contributed by atoms with van der Waals surface area (Å²) in [6.07, 6.45) is 0.322. The van der Waals surface area contributed by atoms with Gasteiger partial charge in [-0.05, 0) is 65.7 Å². The Hall–Kier alpha value is -2.28. The molecule has 1 aromatic rings. The average Bonchev–Trinajstić information content (AvgIpc) is 2.46. The molecule has 0 bridgehead atoms. The van der Waals surface area contributed by atoms with E-state index in [9.17, 15) is 19.8 Å². The molecule has 1 rings (SSSR count). The van der Waals surface area contributed by atoms with Gasteiger partial charge in [0.05, 0.1) is 17.4 Å². The van der Waals surface area contributed by atoms with Crippen molar-refractivity contribution < 1.29 is 29.5 Å². The van der Waals surface area contributed by atoms with Gasteiger partial charge >= 0.3 is 11.9 Å². The minimum Gasteiger partial charge on any atom is -0.504 e. The van der Waals surface area contributed by atoms with Crippen molar-refractivity contribution in [1.82, 2.24) is 5.23 Å². The maximum Gasteiger partial charge on any atom is 0.334 e. The first-order valence-electron chi connectivity index (χ1n) is 8.04. The van der Waals surface area contributed by atoms with Gasteiger partial charge in [-0.3, -0.25) is 0 Å². The van der Waals surface area contributed by atoms with Crippen LogP contribution in [0.25, 0.3) is 0 Å². The Morgan fingerprint density at radius 1 is 0.920 bits per heavy atom. The number of aromatic hydroxyl groups is 2. The summed E-state index contributed by atoms with van der Waals surface area (Å²) in [6.45, 7) is 10.2. The molecule has 0 amide bonds. The predicted octanol–water partition coefficient (Wildman–Crippen LogP) is 2.95. The molecule has 2 N–H and O–H groups in total.